The molecule has 3 rings (SSSR count). The number of thiazole rings is 2. The monoisotopic (exact) mass is 266 g/mol. The second-order valence-corrected chi connectivity index (χ2v) is 5.62. The number of carbonyl (C=O) groups is 1. The lowest BCUT2D eigenvalue weighted by atomic mass is 10.3. The summed E-state index contributed by atoms with van der Waals surface area (Å²) in [5.74, 6) is 0.349. The van der Waals surface area contributed by atoms with Gasteiger partial charge in [-0.05, 0) is 12.8 Å². The van der Waals surface area contributed by atoms with Gasteiger partial charge in [0.15, 0.2) is 10.3 Å². The van der Waals surface area contributed by atoms with E-state index in [2.05, 4.69) is 15.3 Å². The first-order valence-corrected chi connectivity index (χ1v) is 6.96. The molecule has 88 valence electrons. The standard InChI is InChI=1S/C10H10N4OS2/c11-9-12-7(4-16-9)8(15)14-10-13-6(3-17-10)5-1-2-5/h3-5H,1-2H2,(H2,11,12)(H,13,14,15). The molecule has 0 unspecified atom stereocenters. The molecule has 0 aliphatic heterocycles. The highest BCUT2D eigenvalue weighted by Gasteiger charge is 2.26. The summed E-state index contributed by atoms with van der Waals surface area (Å²) in [6.45, 7) is 0. The topological polar surface area (TPSA) is 80.9 Å². The first-order chi connectivity index (χ1) is 8.22. The van der Waals surface area contributed by atoms with Gasteiger partial charge in [0.25, 0.3) is 5.91 Å². The highest BCUT2D eigenvalue weighted by molar-refractivity contribution is 7.14. The zero-order chi connectivity index (χ0) is 11.8. The summed E-state index contributed by atoms with van der Waals surface area (Å²) in [7, 11) is 0. The molecular formula is C10H10N4OS2. The van der Waals surface area contributed by atoms with Crippen LogP contribution in [0.5, 0.6) is 0 Å². The van der Waals surface area contributed by atoms with E-state index in [-0.39, 0.29) is 5.91 Å². The lowest BCUT2D eigenvalue weighted by Crippen LogP contribution is -2.12. The summed E-state index contributed by atoms with van der Waals surface area (Å²) in [6.07, 6.45) is 2.42. The maximum absolute atomic E-state index is 11.8. The van der Waals surface area contributed by atoms with Crippen LogP contribution >= 0.6 is 22.7 Å². The maximum Gasteiger partial charge on any atom is 0.276 e. The molecule has 17 heavy (non-hydrogen) atoms. The molecule has 0 radical (unpaired) electrons. The molecule has 1 aliphatic carbocycles. The summed E-state index contributed by atoms with van der Waals surface area (Å²) >= 11 is 2.70. The number of hydrogen-bond donors (Lipinski definition) is 2. The molecule has 2 aromatic heterocycles. The molecule has 0 spiro atoms. The number of amides is 1. The van der Waals surface area contributed by atoms with Crippen molar-refractivity contribution in [2.75, 3.05) is 11.1 Å². The van der Waals surface area contributed by atoms with E-state index >= 15 is 0 Å². The van der Waals surface area contributed by atoms with E-state index in [9.17, 15) is 4.79 Å². The minimum Gasteiger partial charge on any atom is -0.375 e. The van der Waals surface area contributed by atoms with Gasteiger partial charge in [-0.2, -0.15) is 0 Å². The minimum atomic E-state index is -0.255. The van der Waals surface area contributed by atoms with Crippen molar-refractivity contribution in [2.24, 2.45) is 0 Å². The number of nitrogen functional groups attached to an aromatic ring is 1. The summed E-state index contributed by atoms with van der Waals surface area (Å²) in [5, 5.41) is 7.40. The molecule has 0 aromatic carbocycles. The predicted molar refractivity (Wildman–Crippen MR) is 68.6 cm³/mol. The Morgan fingerprint density at radius 3 is 2.82 bits per heavy atom. The van der Waals surface area contributed by atoms with E-state index < -0.39 is 0 Å². The Labute approximate surface area is 106 Å². The highest BCUT2D eigenvalue weighted by atomic mass is 32.1. The van der Waals surface area contributed by atoms with Gasteiger partial charge < -0.3 is 5.73 Å². The Morgan fingerprint density at radius 1 is 1.35 bits per heavy atom. The lowest BCUT2D eigenvalue weighted by molar-refractivity contribution is 0.102. The van der Waals surface area contributed by atoms with E-state index in [0.717, 1.165) is 5.69 Å². The van der Waals surface area contributed by atoms with Crippen LogP contribution in [0.15, 0.2) is 10.8 Å². The zero-order valence-corrected chi connectivity index (χ0v) is 10.5. The van der Waals surface area contributed by atoms with Crippen LogP contribution in [0.25, 0.3) is 0 Å². The normalized spacial score (nSPS) is 14.8. The van der Waals surface area contributed by atoms with Crippen molar-refractivity contribution >= 4 is 38.8 Å². The predicted octanol–water partition coefficient (Wildman–Crippen LogP) is 2.31. The van der Waals surface area contributed by atoms with Crippen molar-refractivity contribution < 1.29 is 4.79 Å². The van der Waals surface area contributed by atoms with Gasteiger partial charge in [-0.25, -0.2) is 9.97 Å². The van der Waals surface area contributed by atoms with E-state index in [4.69, 9.17) is 5.73 Å². The summed E-state index contributed by atoms with van der Waals surface area (Å²) < 4.78 is 0. The molecule has 7 heteroatoms. The smallest absolute Gasteiger partial charge is 0.276 e. The van der Waals surface area contributed by atoms with Crippen molar-refractivity contribution in [3.05, 3.63) is 22.1 Å². The molecule has 0 bridgehead atoms. The van der Waals surface area contributed by atoms with Crippen LogP contribution in [0.3, 0.4) is 0 Å². The summed E-state index contributed by atoms with van der Waals surface area (Å²) in [5.41, 5.74) is 6.91. The van der Waals surface area contributed by atoms with Crippen molar-refractivity contribution in [1.82, 2.24) is 9.97 Å². The molecule has 1 amide bonds. The van der Waals surface area contributed by atoms with Gasteiger partial charge in [-0.1, -0.05) is 0 Å². The van der Waals surface area contributed by atoms with Crippen LogP contribution < -0.4 is 11.1 Å². The van der Waals surface area contributed by atoms with Gasteiger partial charge >= 0.3 is 0 Å². The van der Waals surface area contributed by atoms with Crippen LogP contribution in [0, 0.1) is 0 Å². The van der Waals surface area contributed by atoms with Crippen molar-refractivity contribution in [1.29, 1.82) is 0 Å². The summed E-state index contributed by atoms with van der Waals surface area (Å²) in [6, 6.07) is 0. The van der Waals surface area contributed by atoms with Crippen molar-refractivity contribution in [3.8, 4) is 0 Å². The molecule has 5 nitrogen and oxygen atoms in total. The fourth-order valence-corrected chi connectivity index (χ4v) is 2.79. The number of nitrogens with two attached hydrogens (primary N) is 1. The zero-order valence-electron chi connectivity index (χ0n) is 8.84. The maximum atomic E-state index is 11.8. The Kier molecular flexibility index (Phi) is 2.56. The van der Waals surface area contributed by atoms with Crippen molar-refractivity contribution in [2.45, 2.75) is 18.8 Å². The number of carbonyl (C=O) groups excluding carboxylic acids is 1. The molecule has 0 saturated heterocycles. The first-order valence-electron chi connectivity index (χ1n) is 5.20. The van der Waals surface area contributed by atoms with Crippen LogP contribution in [0.4, 0.5) is 10.3 Å². The minimum absolute atomic E-state index is 0.255. The summed E-state index contributed by atoms with van der Waals surface area (Å²) in [4.78, 5) is 20.1. The molecule has 1 aliphatic rings. The largest absolute Gasteiger partial charge is 0.375 e. The van der Waals surface area contributed by atoms with E-state index in [1.807, 2.05) is 5.38 Å². The molecule has 2 aromatic rings. The second-order valence-electron chi connectivity index (χ2n) is 3.88. The molecule has 3 N–H and O–H groups in total. The third-order valence-electron chi connectivity index (χ3n) is 2.49. The van der Waals surface area contributed by atoms with Gasteiger partial charge in [-0.15, -0.1) is 22.7 Å². The number of nitrogens with one attached hydrogen (secondary N) is 1. The Bertz CT molecular complexity index is 558. The highest BCUT2D eigenvalue weighted by Crippen LogP contribution is 2.40. The van der Waals surface area contributed by atoms with Crippen molar-refractivity contribution in [3.63, 3.8) is 0 Å². The molecule has 2 heterocycles. The molecule has 1 saturated carbocycles. The van der Waals surface area contributed by atoms with Crippen LogP contribution in [0.2, 0.25) is 0 Å². The van der Waals surface area contributed by atoms with Crippen LogP contribution in [0.1, 0.15) is 34.9 Å². The van der Waals surface area contributed by atoms with Gasteiger partial charge in [-0.3, -0.25) is 10.1 Å². The third kappa shape index (κ3) is 2.29. The van der Waals surface area contributed by atoms with Gasteiger partial charge in [0, 0.05) is 16.7 Å². The fourth-order valence-electron chi connectivity index (χ4n) is 1.46. The van der Waals surface area contributed by atoms with E-state index in [0.29, 0.717) is 21.9 Å². The lowest BCUT2D eigenvalue weighted by Gasteiger charge is -1.96. The average molecular weight is 266 g/mol. The molecule has 0 atom stereocenters. The molecule has 1 fully saturated rings. The van der Waals surface area contributed by atoms with Gasteiger partial charge in [0.05, 0.1) is 5.69 Å². The number of rotatable bonds is 3. The third-order valence-corrected chi connectivity index (χ3v) is 3.94. The quantitative estimate of drug-likeness (QED) is 0.893. The van der Waals surface area contributed by atoms with E-state index in [1.165, 1.54) is 35.5 Å². The van der Waals surface area contributed by atoms with E-state index in [1.54, 1.807) is 5.38 Å². The first kappa shape index (κ1) is 10.7. The van der Waals surface area contributed by atoms with Crippen LogP contribution in [-0.2, 0) is 0 Å². The Balaban J connectivity index is 1.71. The number of anilines is 2. The number of aromatic nitrogens is 2. The van der Waals surface area contributed by atoms with Crippen LogP contribution in [-0.4, -0.2) is 15.9 Å². The Morgan fingerprint density at radius 2 is 2.18 bits per heavy atom. The number of nitrogens with zero attached hydrogens (tertiary/aromatic N) is 2. The second kappa shape index (κ2) is 4.08. The average Bonchev–Trinajstić information content (AvgIpc) is 2.90. The Hall–Kier alpha value is -1.47. The molecular weight excluding hydrogens is 256 g/mol. The fraction of sp³-hybridized carbons (Fsp3) is 0.300. The number of hydrogen-bond acceptors (Lipinski definition) is 6. The SMILES string of the molecule is Nc1nc(C(=O)Nc2nc(C3CC3)cs2)cs1. The van der Waals surface area contributed by atoms with Gasteiger partial charge in [0.2, 0.25) is 0 Å². The van der Waals surface area contributed by atoms with Gasteiger partial charge in [0.1, 0.15) is 5.69 Å².